The van der Waals surface area contributed by atoms with E-state index >= 15 is 0 Å². The van der Waals surface area contributed by atoms with Crippen molar-refractivity contribution in [3.8, 4) is 0 Å². The number of piperazine rings is 1. The molecule has 1 aliphatic heterocycles. The number of thiocarbonyl (C=S) groups is 1. The molecular formula is C15H22N4S. The van der Waals surface area contributed by atoms with Crippen molar-refractivity contribution >= 4 is 23.0 Å². The number of fused-ring (bicyclic) bond motifs is 1. The first kappa shape index (κ1) is 13.8. The number of anilines is 1. The highest BCUT2D eigenvalue weighted by atomic mass is 32.1. The van der Waals surface area contributed by atoms with Gasteiger partial charge in [0.15, 0.2) is 0 Å². The number of hydrogen-bond acceptors (Lipinski definition) is 4. The molecule has 0 spiro atoms. The first-order valence-corrected chi connectivity index (χ1v) is 7.82. The summed E-state index contributed by atoms with van der Waals surface area (Å²) in [7, 11) is 2.16. The van der Waals surface area contributed by atoms with Gasteiger partial charge in [-0.1, -0.05) is 12.2 Å². The Labute approximate surface area is 126 Å². The summed E-state index contributed by atoms with van der Waals surface area (Å²) in [4.78, 5) is 10.1. The van der Waals surface area contributed by atoms with Crippen LogP contribution >= 0.6 is 12.2 Å². The summed E-state index contributed by atoms with van der Waals surface area (Å²) in [5.74, 6) is 1.01. The average molecular weight is 290 g/mol. The lowest BCUT2D eigenvalue weighted by atomic mass is 9.94. The quantitative estimate of drug-likeness (QED) is 0.833. The van der Waals surface area contributed by atoms with Crippen LogP contribution in [0, 0.1) is 0 Å². The first-order valence-electron chi connectivity index (χ1n) is 7.41. The second-order valence-corrected chi connectivity index (χ2v) is 6.27. The van der Waals surface area contributed by atoms with Gasteiger partial charge < -0.3 is 15.5 Å². The molecule has 1 fully saturated rings. The fraction of sp³-hybridized carbons (Fsp3) is 0.600. The molecule has 1 aromatic heterocycles. The van der Waals surface area contributed by atoms with Crippen LogP contribution in [0.5, 0.6) is 0 Å². The van der Waals surface area contributed by atoms with Crippen LogP contribution in [0.4, 0.5) is 5.82 Å². The summed E-state index contributed by atoms with van der Waals surface area (Å²) in [6, 6.07) is 2.19. The van der Waals surface area contributed by atoms with Gasteiger partial charge in [0.1, 0.15) is 10.8 Å². The molecular weight excluding hydrogens is 268 g/mol. The second kappa shape index (κ2) is 5.66. The second-order valence-electron chi connectivity index (χ2n) is 5.83. The Morgan fingerprint density at radius 2 is 1.90 bits per heavy atom. The van der Waals surface area contributed by atoms with Gasteiger partial charge in [0.2, 0.25) is 0 Å². The lowest BCUT2D eigenvalue weighted by Crippen LogP contribution is -2.45. The van der Waals surface area contributed by atoms with Gasteiger partial charge in [-0.25, -0.2) is 4.98 Å². The van der Waals surface area contributed by atoms with Gasteiger partial charge in [0.05, 0.1) is 5.56 Å². The zero-order valence-corrected chi connectivity index (χ0v) is 12.9. The minimum Gasteiger partial charge on any atom is -0.389 e. The Morgan fingerprint density at radius 3 is 2.60 bits per heavy atom. The van der Waals surface area contributed by atoms with Gasteiger partial charge >= 0.3 is 0 Å². The van der Waals surface area contributed by atoms with E-state index in [0.717, 1.165) is 50.4 Å². The third kappa shape index (κ3) is 2.65. The molecule has 0 saturated carbocycles. The fourth-order valence-corrected chi connectivity index (χ4v) is 3.21. The number of aromatic nitrogens is 1. The Kier molecular flexibility index (Phi) is 3.89. The Hall–Kier alpha value is -1.20. The molecule has 1 aliphatic carbocycles. The van der Waals surface area contributed by atoms with Crippen molar-refractivity contribution in [1.82, 2.24) is 9.88 Å². The molecule has 108 valence electrons. The van der Waals surface area contributed by atoms with Gasteiger partial charge in [0, 0.05) is 31.9 Å². The van der Waals surface area contributed by atoms with Crippen molar-refractivity contribution in [3.05, 3.63) is 22.9 Å². The standard InChI is InChI=1S/C15H22N4S/c1-18-6-8-19(9-7-18)15-12(14(16)20)10-11-4-2-3-5-13(11)17-15/h10H,2-9H2,1H3,(H2,16,20). The van der Waals surface area contributed by atoms with Gasteiger partial charge in [-0.15, -0.1) is 0 Å². The summed E-state index contributed by atoms with van der Waals surface area (Å²) in [5.41, 5.74) is 9.50. The maximum atomic E-state index is 5.94. The third-order valence-corrected chi connectivity index (χ3v) is 4.57. The first-order chi connectivity index (χ1) is 9.65. The van der Waals surface area contributed by atoms with Crippen LogP contribution in [-0.2, 0) is 12.8 Å². The number of hydrogen-bond donors (Lipinski definition) is 1. The van der Waals surface area contributed by atoms with Crippen molar-refractivity contribution in [2.45, 2.75) is 25.7 Å². The zero-order chi connectivity index (χ0) is 14.1. The van der Waals surface area contributed by atoms with Crippen molar-refractivity contribution in [3.63, 3.8) is 0 Å². The molecule has 0 radical (unpaired) electrons. The maximum Gasteiger partial charge on any atom is 0.139 e. The number of nitrogens with zero attached hydrogens (tertiary/aromatic N) is 3. The van der Waals surface area contributed by atoms with Gasteiger partial charge in [-0.05, 0) is 44.4 Å². The lowest BCUT2D eigenvalue weighted by molar-refractivity contribution is 0.312. The van der Waals surface area contributed by atoms with E-state index in [-0.39, 0.29) is 0 Å². The molecule has 1 saturated heterocycles. The van der Waals surface area contributed by atoms with Gasteiger partial charge in [-0.3, -0.25) is 0 Å². The molecule has 20 heavy (non-hydrogen) atoms. The highest BCUT2D eigenvalue weighted by Crippen LogP contribution is 2.27. The zero-order valence-electron chi connectivity index (χ0n) is 12.1. The van der Waals surface area contributed by atoms with Crippen molar-refractivity contribution in [1.29, 1.82) is 0 Å². The SMILES string of the molecule is CN1CCN(c2nc3c(cc2C(N)=S)CCCC3)CC1. The molecule has 2 aliphatic rings. The summed E-state index contributed by atoms with van der Waals surface area (Å²) in [6.07, 6.45) is 4.70. The van der Waals surface area contributed by atoms with E-state index in [1.165, 1.54) is 24.1 Å². The summed E-state index contributed by atoms with van der Waals surface area (Å²) in [6.45, 7) is 4.13. The van der Waals surface area contributed by atoms with E-state index in [4.69, 9.17) is 22.9 Å². The lowest BCUT2D eigenvalue weighted by Gasteiger charge is -2.35. The number of aryl methyl sites for hydroxylation is 2. The van der Waals surface area contributed by atoms with E-state index in [9.17, 15) is 0 Å². The van der Waals surface area contributed by atoms with Crippen LogP contribution in [0.2, 0.25) is 0 Å². The van der Waals surface area contributed by atoms with Crippen LogP contribution in [0.25, 0.3) is 0 Å². The third-order valence-electron chi connectivity index (χ3n) is 4.35. The molecule has 0 amide bonds. The molecule has 1 aromatic rings. The van der Waals surface area contributed by atoms with E-state index in [1.54, 1.807) is 0 Å². The van der Waals surface area contributed by atoms with Crippen LogP contribution in [0.3, 0.4) is 0 Å². The number of rotatable bonds is 2. The fourth-order valence-electron chi connectivity index (χ4n) is 3.06. The highest BCUT2D eigenvalue weighted by molar-refractivity contribution is 7.80. The van der Waals surface area contributed by atoms with E-state index in [2.05, 4.69) is 22.9 Å². The smallest absolute Gasteiger partial charge is 0.139 e. The molecule has 4 nitrogen and oxygen atoms in total. The Balaban J connectivity index is 1.97. The van der Waals surface area contributed by atoms with Gasteiger partial charge in [0.25, 0.3) is 0 Å². The number of pyridine rings is 1. The Bertz CT molecular complexity index is 521. The predicted octanol–water partition coefficient (Wildman–Crippen LogP) is 1.35. The highest BCUT2D eigenvalue weighted by Gasteiger charge is 2.22. The monoisotopic (exact) mass is 290 g/mol. The van der Waals surface area contributed by atoms with Crippen LogP contribution < -0.4 is 10.6 Å². The maximum absolute atomic E-state index is 5.94. The number of likely N-dealkylation sites (N-methyl/N-ethyl adjacent to an activating group) is 1. The summed E-state index contributed by atoms with van der Waals surface area (Å²) >= 11 is 5.25. The van der Waals surface area contributed by atoms with Crippen LogP contribution in [-0.4, -0.2) is 48.1 Å². The molecule has 0 atom stereocenters. The molecule has 5 heteroatoms. The van der Waals surface area contributed by atoms with E-state index < -0.39 is 0 Å². The molecule has 2 heterocycles. The topological polar surface area (TPSA) is 45.4 Å². The largest absolute Gasteiger partial charge is 0.389 e. The predicted molar refractivity (Wildman–Crippen MR) is 86.5 cm³/mol. The molecule has 0 aromatic carbocycles. The summed E-state index contributed by atoms with van der Waals surface area (Å²) < 4.78 is 0. The Morgan fingerprint density at radius 1 is 1.20 bits per heavy atom. The molecule has 0 unspecified atom stereocenters. The molecule has 0 bridgehead atoms. The minimum absolute atomic E-state index is 0.472. The van der Waals surface area contributed by atoms with Gasteiger partial charge in [-0.2, -0.15) is 0 Å². The van der Waals surface area contributed by atoms with Crippen LogP contribution in [0.15, 0.2) is 6.07 Å². The summed E-state index contributed by atoms with van der Waals surface area (Å²) in [5, 5.41) is 0. The van der Waals surface area contributed by atoms with Crippen molar-refractivity contribution in [2.75, 3.05) is 38.1 Å². The normalized spacial score (nSPS) is 19.8. The molecule has 3 rings (SSSR count). The average Bonchev–Trinajstić information content (AvgIpc) is 2.46. The minimum atomic E-state index is 0.472. The van der Waals surface area contributed by atoms with Crippen molar-refractivity contribution < 1.29 is 0 Å². The van der Waals surface area contributed by atoms with Crippen LogP contribution in [0.1, 0.15) is 29.7 Å². The van der Waals surface area contributed by atoms with E-state index in [1.807, 2.05) is 0 Å². The van der Waals surface area contributed by atoms with E-state index in [0.29, 0.717) is 4.99 Å². The number of nitrogens with two attached hydrogens (primary N) is 1. The van der Waals surface area contributed by atoms with Crippen molar-refractivity contribution in [2.24, 2.45) is 5.73 Å². The molecule has 2 N–H and O–H groups in total.